The van der Waals surface area contributed by atoms with Gasteiger partial charge in [0.2, 0.25) is 0 Å². The lowest BCUT2D eigenvalue weighted by Gasteiger charge is -2.33. The number of hydrogen-bond acceptors (Lipinski definition) is 6. The van der Waals surface area contributed by atoms with Crippen molar-refractivity contribution in [3.05, 3.63) is 48.0 Å². The van der Waals surface area contributed by atoms with Crippen LogP contribution in [0.1, 0.15) is 24.2 Å². The Balaban J connectivity index is 1.58. The molecule has 1 N–H and O–H groups in total. The third-order valence-corrected chi connectivity index (χ3v) is 7.32. The number of ether oxygens (including phenoxy) is 1. The lowest BCUT2D eigenvalue weighted by Crippen LogP contribution is -2.43. The second-order valence-corrected chi connectivity index (χ2v) is 9.45. The minimum atomic E-state index is -3.89. The number of fused-ring (bicyclic) bond motifs is 3. The summed E-state index contributed by atoms with van der Waals surface area (Å²) in [6.07, 6.45) is 5.88. The van der Waals surface area contributed by atoms with E-state index in [0.29, 0.717) is 28.4 Å². The molecule has 6 rings (SSSR count). The number of anilines is 1. The molecule has 2 fully saturated rings. The first-order valence-corrected chi connectivity index (χ1v) is 11.4. The Labute approximate surface area is 173 Å². The van der Waals surface area contributed by atoms with Crippen LogP contribution in [0.2, 0.25) is 0 Å². The molecule has 3 aromatic rings. The van der Waals surface area contributed by atoms with E-state index >= 15 is 0 Å². The lowest BCUT2D eigenvalue weighted by atomic mass is 10.1. The highest BCUT2D eigenvalue weighted by molar-refractivity contribution is 7.91. The Morgan fingerprint density at radius 1 is 1.20 bits per heavy atom. The summed E-state index contributed by atoms with van der Waals surface area (Å²) in [6, 6.07) is 7.28. The number of pyridine rings is 1. The Bertz CT molecular complexity index is 1270. The predicted octanol–water partition coefficient (Wildman–Crippen LogP) is 1.72. The fraction of sp³-hybridized carbons (Fsp3) is 0.350. The maximum absolute atomic E-state index is 13.1. The Hall–Kier alpha value is -2.98. The molecule has 2 atom stereocenters. The summed E-state index contributed by atoms with van der Waals surface area (Å²) in [5.74, 6) is 0.738. The molecule has 30 heavy (non-hydrogen) atoms. The number of aryl methyl sites for hydroxylation is 1. The van der Waals surface area contributed by atoms with Gasteiger partial charge < -0.3 is 14.6 Å². The molecule has 154 valence electrons. The second-order valence-electron chi connectivity index (χ2n) is 7.91. The highest BCUT2D eigenvalue weighted by Gasteiger charge is 2.39. The summed E-state index contributed by atoms with van der Waals surface area (Å²) in [4.78, 5) is 10.2. The number of rotatable bonds is 3. The first kappa shape index (κ1) is 17.8. The molecule has 2 unspecified atom stereocenters. The fourth-order valence-corrected chi connectivity index (χ4v) is 5.94. The number of morpholine rings is 1. The number of sulfonamides is 1. The summed E-state index contributed by atoms with van der Waals surface area (Å²) in [5.41, 5.74) is 2.62. The van der Waals surface area contributed by atoms with Crippen LogP contribution in [-0.2, 0) is 21.8 Å². The molecule has 0 radical (unpaired) electrons. The Morgan fingerprint density at radius 3 is 2.67 bits per heavy atom. The molecule has 0 spiro atoms. The standard InChI is InChI=1S/C20H20N6O3S/c1-25-16(6-8-22-25)14-9-17(26-10-12-4-5-13(11-26)29-12)23-19-18(15-3-2-7-21-15)24-30(27,28)20(14)19/h2-3,6-9,12-13,21H,4-5,10-11H2,1H3. The Kier molecular flexibility index (Phi) is 3.72. The number of H-pyrrole nitrogens is 1. The first-order valence-electron chi connectivity index (χ1n) is 9.92. The average molecular weight is 424 g/mol. The average Bonchev–Trinajstić information content (AvgIpc) is 3.50. The van der Waals surface area contributed by atoms with Gasteiger partial charge in [-0.1, -0.05) is 0 Å². The molecular formula is C20H20N6O3S. The van der Waals surface area contributed by atoms with Gasteiger partial charge in [0.25, 0.3) is 10.0 Å². The van der Waals surface area contributed by atoms with Crippen molar-refractivity contribution in [2.45, 2.75) is 29.9 Å². The van der Waals surface area contributed by atoms with Crippen LogP contribution >= 0.6 is 0 Å². The van der Waals surface area contributed by atoms with Crippen molar-refractivity contribution >= 4 is 21.6 Å². The van der Waals surface area contributed by atoms with Gasteiger partial charge in [-0.2, -0.15) is 17.9 Å². The van der Waals surface area contributed by atoms with Crippen molar-refractivity contribution in [3.8, 4) is 11.3 Å². The van der Waals surface area contributed by atoms with Crippen molar-refractivity contribution in [2.24, 2.45) is 11.4 Å². The van der Waals surface area contributed by atoms with Gasteiger partial charge in [-0.05, 0) is 37.1 Å². The van der Waals surface area contributed by atoms with Gasteiger partial charge in [0, 0.05) is 38.1 Å². The van der Waals surface area contributed by atoms with E-state index in [4.69, 9.17) is 9.72 Å². The minimum Gasteiger partial charge on any atom is -0.371 e. The van der Waals surface area contributed by atoms with Crippen molar-refractivity contribution < 1.29 is 13.2 Å². The van der Waals surface area contributed by atoms with E-state index in [1.807, 2.05) is 18.2 Å². The largest absolute Gasteiger partial charge is 0.371 e. The number of aromatic amines is 1. The van der Waals surface area contributed by atoms with E-state index in [-0.39, 0.29) is 17.1 Å². The van der Waals surface area contributed by atoms with Gasteiger partial charge >= 0.3 is 0 Å². The minimum absolute atomic E-state index is 0.135. The maximum atomic E-state index is 13.1. The molecule has 9 nitrogen and oxygen atoms in total. The van der Waals surface area contributed by atoms with Crippen LogP contribution < -0.4 is 4.90 Å². The number of hydrogen-bond donors (Lipinski definition) is 1. The molecule has 0 aliphatic carbocycles. The third-order valence-electron chi connectivity index (χ3n) is 5.97. The molecule has 0 amide bonds. The van der Waals surface area contributed by atoms with Crippen LogP contribution in [0, 0.1) is 0 Å². The van der Waals surface area contributed by atoms with E-state index in [1.165, 1.54) is 0 Å². The zero-order chi connectivity index (χ0) is 20.5. The summed E-state index contributed by atoms with van der Waals surface area (Å²) < 4.78 is 37.9. The van der Waals surface area contributed by atoms with Gasteiger partial charge in [0.05, 0.1) is 23.6 Å². The quantitative estimate of drug-likeness (QED) is 0.686. The van der Waals surface area contributed by atoms with Crippen LogP contribution in [0.5, 0.6) is 0 Å². The summed E-state index contributed by atoms with van der Waals surface area (Å²) in [6.45, 7) is 1.49. The lowest BCUT2D eigenvalue weighted by molar-refractivity contribution is 0.0302. The topological polar surface area (TPSA) is 105 Å². The zero-order valence-electron chi connectivity index (χ0n) is 16.3. The highest BCUT2D eigenvalue weighted by atomic mass is 32.2. The predicted molar refractivity (Wildman–Crippen MR) is 110 cm³/mol. The number of aromatic nitrogens is 4. The molecule has 0 aromatic carbocycles. The molecule has 0 saturated carbocycles. The van der Waals surface area contributed by atoms with Crippen molar-refractivity contribution in [1.29, 1.82) is 0 Å². The van der Waals surface area contributed by atoms with E-state index in [9.17, 15) is 8.42 Å². The molecule has 3 aliphatic rings. The zero-order valence-corrected chi connectivity index (χ0v) is 17.1. The molecule has 3 aliphatic heterocycles. The van der Waals surface area contributed by atoms with E-state index < -0.39 is 10.0 Å². The maximum Gasteiger partial charge on any atom is 0.285 e. The molecule has 2 bridgehead atoms. The van der Waals surface area contributed by atoms with Crippen molar-refractivity contribution in [1.82, 2.24) is 19.7 Å². The normalized spacial score (nSPS) is 24.2. The molecule has 3 aromatic heterocycles. The molecular weight excluding hydrogens is 404 g/mol. The smallest absolute Gasteiger partial charge is 0.285 e. The first-order chi connectivity index (χ1) is 14.5. The third kappa shape index (κ3) is 2.63. The van der Waals surface area contributed by atoms with Crippen LogP contribution in [0.4, 0.5) is 5.82 Å². The van der Waals surface area contributed by atoms with Crippen LogP contribution in [0.3, 0.4) is 0 Å². The van der Waals surface area contributed by atoms with Crippen LogP contribution in [-0.4, -0.2) is 59.2 Å². The van der Waals surface area contributed by atoms with Gasteiger partial charge in [-0.15, -0.1) is 0 Å². The van der Waals surface area contributed by atoms with Gasteiger partial charge in [-0.3, -0.25) is 4.68 Å². The summed E-state index contributed by atoms with van der Waals surface area (Å²) in [7, 11) is -2.09. The van der Waals surface area contributed by atoms with Crippen LogP contribution in [0.25, 0.3) is 11.3 Å². The second kappa shape index (κ2) is 6.26. The van der Waals surface area contributed by atoms with Gasteiger partial charge in [-0.25, -0.2) is 4.98 Å². The summed E-state index contributed by atoms with van der Waals surface area (Å²) >= 11 is 0. The van der Waals surface area contributed by atoms with Crippen LogP contribution in [0.15, 0.2) is 46.0 Å². The monoisotopic (exact) mass is 424 g/mol. The molecule has 2 saturated heterocycles. The van der Waals surface area contributed by atoms with Crippen molar-refractivity contribution in [2.75, 3.05) is 18.0 Å². The Morgan fingerprint density at radius 2 is 2.00 bits per heavy atom. The van der Waals surface area contributed by atoms with Crippen molar-refractivity contribution in [3.63, 3.8) is 0 Å². The molecule has 6 heterocycles. The van der Waals surface area contributed by atoms with E-state index in [1.54, 1.807) is 30.2 Å². The fourth-order valence-electron chi connectivity index (χ4n) is 4.60. The van der Waals surface area contributed by atoms with E-state index in [0.717, 1.165) is 31.7 Å². The van der Waals surface area contributed by atoms with E-state index in [2.05, 4.69) is 19.4 Å². The van der Waals surface area contributed by atoms with Gasteiger partial charge in [0.1, 0.15) is 22.1 Å². The number of nitrogens with one attached hydrogen (secondary N) is 1. The SMILES string of the molecule is Cn1nccc1-c1cc(N2CC3CCC(C2)O3)nc2c1S(=O)(=O)N=C2c1ccc[nH]1. The highest BCUT2D eigenvalue weighted by Crippen LogP contribution is 2.39. The summed E-state index contributed by atoms with van der Waals surface area (Å²) in [5, 5.41) is 4.24. The number of nitrogens with zero attached hydrogens (tertiary/aromatic N) is 5. The van der Waals surface area contributed by atoms with Gasteiger partial charge in [0.15, 0.2) is 0 Å². The molecule has 10 heteroatoms.